The highest BCUT2D eigenvalue weighted by Gasteiger charge is 2.19. The van der Waals surface area contributed by atoms with Crippen molar-refractivity contribution in [3.63, 3.8) is 0 Å². The van der Waals surface area contributed by atoms with Crippen LogP contribution in [-0.4, -0.2) is 42.8 Å². The smallest absolute Gasteiger partial charge is 0.295 e. The van der Waals surface area contributed by atoms with E-state index in [4.69, 9.17) is 0 Å². The Morgan fingerprint density at radius 3 is 2.52 bits per heavy atom. The number of sulfonamides is 1. The molecule has 0 saturated carbocycles. The van der Waals surface area contributed by atoms with Crippen LogP contribution in [0, 0.1) is 0 Å². The van der Waals surface area contributed by atoms with E-state index in [2.05, 4.69) is 15.2 Å². The third-order valence-corrected chi connectivity index (χ3v) is 6.35. The number of carbonyl (C=O) groups excluding carboxylic acids is 1. The summed E-state index contributed by atoms with van der Waals surface area (Å²) < 4.78 is 25.6. The van der Waals surface area contributed by atoms with E-state index in [0.29, 0.717) is 10.9 Å². The summed E-state index contributed by atoms with van der Waals surface area (Å²) in [6, 6.07) is 11.3. The maximum atomic E-state index is 12.5. The van der Waals surface area contributed by atoms with Crippen LogP contribution in [0.1, 0.15) is 35.7 Å². The molecule has 0 saturated heterocycles. The molecule has 0 bridgehead atoms. The minimum absolute atomic E-state index is 0.0138. The molecule has 2 N–H and O–H groups in total. The predicted octanol–water partition coefficient (Wildman–Crippen LogP) is 4.17. The summed E-state index contributed by atoms with van der Waals surface area (Å²) in [7, 11) is -0.853. The summed E-state index contributed by atoms with van der Waals surface area (Å²) >= 11 is 0. The van der Waals surface area contributed by atoms with Gasteiger partial charge in [-0.25, -0.2) is 12.7 Å². The summed E-state index contributed by atoms with van der Waals surface area (Å²) in [5.41, 5.74) is 1.97. The van der Waals surface area contributed by atoms with E-state index >= 15 is 0 Å². The summed E-state index contributed by atoms with van der Waals surface area (Å²) in [5.74, 6) is -0.625. The normalized spacial score (nSPS) is 12.5. The molecule has 3 aromatic rings. The number of amides is 1. The van der Waals surface area contributed by atoms with Crippen molar-refractivity contribution >= 4 is 32.5 Å². The molecule has 0 atom stereocenters. The van der Waals surface area contributed by atoms with Crippen LogP contribution in [0.25, 0.3) is 10.9 Å². The lowest BCUT2D eigenvalue weighted by Gasteiger charge is -2.11. The number of fused-ring (bicyclic) bond motifs is 1. The maximum Gasteiger partial charge on any atom is 0.295 e. The second kappa shape index (κ2) is 7.76. The minimum Gasteiger partial charge on any atom is -0.493 e. The van der Waals surface area contributed by atoms with Gasteiger partial charge < -0.3 is 10.1 Å². The van der Waals surface area contributed by atoms with Gasteiger partial charge in [0.15, 0.2) is 5.69 Å². The third-order valence-electron chi connectivity index (χ3n) is 4.54. The molecule has 0 aliphatic heterocycles. The first-order chi connectivity index (χ1) is 13.6. The fraction of sp³-hybridized carbons (Fsp3) is 0.250. The highest BCUT2D eigenvalue weighted by Crippen LogP contribution is 2.37. The molecule has 0 radical (unpaired) electrons. The first-order valence-corrected chi connectivity index (χ1v) is 10.4. The van der Waals surface area contributed by atoms with E-state index in [0.717, 1.165) is 9.87 Å². The number of hydrogen-bond donors (Lipinski definition) is 2. The Bertz CT molecular complexity index is 1210. The molecule has 29 heavy (non-hydrogen) atoms. The number of carbonyl (C=O) groups is 1. The number of aromatic nitrogens is 1. The molecule has 0 unspecified atom stereocenters. The summed E-state index contributed by atoms with van der Waals surface area (Å²) in [6.45, 7) is 4.10. The van der Waals surface area contributed by atoms with Gasteiger partial charge in [-0.2, -0.15) is 0 Å². The molecule has 1 aromatic heterocycles. The predicted molar refractivity (Wildman–Crippen MR) is 110 cm³/mol. The largest absolute Gasteiger partial charge is 0.493 e. The number of nitrogens with zero attached hydrogens (tertiary/aromatic N) is 3. The van der Waals surface area contributed by atoms with Crippen LogP contribution >= 0.6 is 0 Å². The van der Waals surface area contributed by atoms with Crippen molar-refractivity contribution in [2.75, 3.05) is 14.1 Å². The van der Waals surface area contributed by atoms with E-state index in [1.807, 2.05) is 32.0 Å². The Morgan fingerprint density at radius 1 is 1.14 bits per heavy atom. The topological polar surface area (TPSA) is 115 Å². The number of rotatable bonds is 5. The SMILES string of the molecule is CC(C)c1ccc2[nH]c(O)c(N=NC(=O)c3cccc(S(=O)(=O)N(C)C)c3)c2c1. The highest BCUT2D eigenvalue weighted by molar-refractivity contribution is 7.89. The number of hydrogen-bond acceptors (Lipinski definition) is 5. The highest BCUT2D eigenvalue weighted by atomic mass is 32.2. The van der Waals surface area contributed by atoms with Gasteiger partial charge >= 0.3 is 0 Å². The Kier molecular flexibility index (Phi) is 5.54. The van der Waals surface area contributed by atoms with Crippen molar-refractivity contribution in [2.45, 2.75) is 24.7 Å². The van der Waals surface area contributed by atoms with Crippen molar-refractivity contribution in [3.05, 3.63) is 53.6 Å². The number of nitrogens with one attached hydrogen (secondary N) is 1. The van der Waals surface area contributed by atoms with Crippen molar-refractivity contribution in [1.82, 2.24) is 9.29 Å². The molecule has 8 nitrogen and oxygen atoms in total. The lowest BCUT2D eigenvalue weighted by atomic mass is 10.0. The fourth-order valence-electron chi connectivity index (χ4n) is 2.80. The number of azo groups is 1. The first kappa shape index (κ1) is 20.7. The monoisotopic (exact) mass is 414 g/mol. The molecular formula is C20H22N4O4S. The van der Waals surface area contributed by atoms with Crippen molar-refractivity contribution < 1.29 is 18.3 Å². The number of H-pyrrole nitrogens is 1. The van der Waals surface area contributed by atoms with E-state index in [1.165, 1.54) is 38.4 Å². The number of aromatic amines is 1. The van der Waals surface area contributed by atoms with E-state index < -0.39 is 15.9 Å². The quantitative estimate of drug-likeness (QED) is 0.610. The standard InChI is InChI=1S/C20H22N4O4S/c1-12(2)13-8-9-17-16(11-13)18(20(26)21-17)22-23-19(25)14-6-5-7-15(10-14)29(27,28)24(3)4/h5-12,21,26H,1-4H3. The molecule has 3 rings (SSSR count). The first-order valence-electron chi connectivity index (χ1n) is 8.94. The zero-order valence-corrected chi connectivity index (χ0v) is 17.4. The van der Waals surface area contributed by atoms with Gasteiger partial charge in [0.1, 0.15) is 0 Å². The third kappa shape index (κ3) is 4.06. The summed E-state index contributed by atoms with van der Waals surface area (Å²) in [5, 5.41) is 18.4. The minimum atomic E-state index is -3.68. The molecule has 1 amide bonds. The van der Waals surface area contributed by atoms with Gasteiger partial charge in [0.05, 0.1) is 10.4 Å². The van der Waals surface area contributed by atoms with Crippen LogP contribution in [-0.2, 0) is 10.0 Å². The van der Waals surface area contributed by atoms with Gasteiger partial charge in [0, 0.05) is 25.0 Å². The summed E-state index contributed by atoms with van der Waals surface area (Å²) in [4.78, 5) is 15.2. The number of aromatic hydroxyl groups is 1. The molecule has 2 aromatic carbocycles. The molecule has 0 spiro atoms. The summed E-state index contributed by atoms with van der Waals surface area (Å²) in [6.07, 6.45) is 0. The van der Waals surface area contributed by atoms with Gasteiger partial charge in [-0.05, 0) is 41.8 Å². The second-order valence-corrected chi connectivity index (χ2v) is 9.25. The molecular weight excluding hydrogens is 392 g/mol. The molecule has 0 aliphatic rings. The van der Waals surface area contributed by atoms with Gasteiger partial charge in [-0.15, -0.1) is 10.2 Å². The van der Waals surface area contributed by atoms with Gasteiger partial charge in [-0.1, -0.05) is 26.0 Å². The Morgan fingerprint density at radius 2 is 1.86 bits per heavy atom. The lowest BCUT2D eigenvalue weighted by Crippen LogP contribution is -2.22. The van der Waals surface area contributed by atoms with Crippen LogP contribution in [0.4, 0.5) is 5.69 Å². The second-order valence-electron chi connectivity index (χ2n) is 7.10. The zero-order chi connectivity index (χ0) is 21.3. The Labute approximate surface area is 168 Å². The molecule has 152 valence electrons. The Balaban J connectivity index is 1.96. The maximum absolute atomic E-state index is 12.5. The zero-order valence-electron chi connectivity index (χ0n) is 16.5. The fourth-order valence-corrected chi connectivity index (χ4v) is 3.74. The van der Waals surface area contributed by atoms with Crippen molar-refractivity contribution in [1.29, 1.82) is 0 Å². The van der Waals surface area contributed by atoms with Crippen LogP contribution in [0.2, 0.25) is 0 Å². The van der Waals surface area contributed by atoms with Gasteiger partial charge in [0.25, 0.3) is 5.91 Å². The lowest BCUT2D eigenvalue weighted by molar-refractivity contribution is 0.0995. The molecule has 0 fully saturated rings. The van der Waals surface area contributed by atoms with E-state index in [9.17, 15) is 18.3 Å². The Hall–Kier alpha value is -3.04. The van der Waals surface area contributed by atoms with Crippen molar-refractivity contribution in [2.24, 2.45) is 10.2 Å². The van der Waals surface area contributed by atoms with E-state index in [-0.39, 0.29) is 27.9 Å². The van der Waals surface area contributed by atoms with Gasteiger partial charge in [-0.3, -0.25) is 4.79 Å². The average Bonchev–Trinajstić information content (AvgIpc) is 3.00. The average molecular weight is 414 g/mol. The number of benzene rings is 2. The molecule has 9 heteroatoms. The van der Waals surface area contributed by atoms with Crippen molar-refractivity contribution in [3.8, 4) is 5.88 Å². The molecule has 0 aliphatic carbocycles. The molecule has 1 heterocycles. The van der Waals surface area contributed by atoms with E-state index in [1.54, 1.807) is 0 Å². The van der Waals surface area contributed by atoms with Crippen LogP contribution in [0.3, 0.4) is 0 Å². The van der Waals surface area contributed by atoms with Crippen LogP contribution in [0.15, 0.2) is 57.6 Å². The van der Waals surface area contributed by atoms with Crippen LogP contribution in [0.5, 0.6) is 5.88 Å². The van der Waals surface area contributed by atoms with Gasteiger partial charge in [0.2, 0.25) is 15.9 Å². The van der Waals surface area contributed by atoms with Crippen LogP contribution < -0.4 is 0 Å².